The van der Waals surface area contributed by atoms with E-state index in [1.807, 2.05) is 0 Å². The van der Waals surface area contributed by atoms with Gasteiger partial charge < -0.3 is 0 Å². The second-order valence-corrected chi connectivity index (χ2v) is 5.86. The number of rotatable bonds is 2. The van der Waals surface area contributed by atoms with E-state index in [9.17, 15) is 0 Å². The molecule has 1 aliphatic rings. The van der Waals surface area contributed by atoms with Crippen LogP contribution in [0.5, 0.6) is 0 Å². The van der Waals surface area contributed by atoms with E-state index < -0.39 is 0 Å². The second kappa shape index (κ2) is 5.46. The number of aromatic nitrogens is 1. The van der Waals surface area contributed by atoms with Crippen LogP contribution in [-0.2, 0) is 12.8 Å². The zero-order chi connectivity index (χ0) is 11.5. The number of hydrogen-bond acceptors (Lipinski definition) is 3. The van der Waals surface area contributed by atoms with Crippen molar-refractivity contribution in [3.8, 4) is 0 Å². The Bertz CT molecular complexity index is 388. The van der Waals surface area contributed by atoms with Crippen LogP contribution < -0.4 is 0 Å². The minimum Gasteiger partial charge on any atom is -0.235 e. The van der Waals surface area contributed by atoms with Crippen molar-refractivity contribution < 1.29 is 0 Å². The minimum absolute atomic E-state index is 1.23. The average Bonchev–Trinajstić information content (AvgIpc) is 2.56. The normalized spacial score (nSPS) is 15.7. The van der Waals surface area contributed by atoms with E-state index >= 15 is 0 Å². The third-order valence-electron chi connectivity index (χ3n) is 3.34. The molecule has 0 radical (unpaired) electrons. The third-order valence-corrected chi connectivity index (χ3v) is 4.85. The van der Waals surface area contributed by atoms with Crippen LogP contribution in [0.15, 0.2) is 10.1 Å². The van der Waals surface area contributed by atoms with Crippen molar-refractivity contribution in [2.75, 3.05) is 12.5 Å². The first-order chi connectivity index (χ1) is 7.77. The van der Waals surface area contributed by atoms with E-state index in [4.69, 9.17) is 4.98 Å². The van der Waals surface area contributed by atoms with Gasteiger partial charge in [0.25, 0.3) is 0 Å². The van der Waals surface area contributed by atoms with Crippen LogP contribution in [0, 0.1) is 6.92 Å². The van der Waals surface area contributed by atoms with Gasteiger partial charge in [-0.1, -0.05) is 6.42 Å². The predicted octanol–water partition coefficient (Wildman–Crippen LogP) is 4.10. The van der Waals surface area contributed by atoms with Gasteiger partial charge in [0.2, 0.25) is 0 Å². The molecule has 0 fully saturated rings. The monoisotopic (exact) mass is 253 g/mol. The van der Waals surface area contributed by atoms with Crippen molar-refractivity contribution in [2.45, 2.75) is 49.1 Å². The Balaban J connectivity index is 2.56. The summed E-state index contributed by atoms with van der Waals surface area (Å²) in [5, 5.41) is 2.50. The number of nitrogens with zero attached hydrogens (tertiary/aromatic N) is 1. The van der Waals surface area contributed by atoms with Crippen LogP contribution in [0.2, 0.25) is 0 Å². The van der Waals surface area contributed by atoms with E-state index in [1.165, 1.54) is 47.7 Å². The highest BCUT2D eigenvalue weighted by atomic mass is 32.2. The molecule has 3 heteroatoms. The maximum absolute atomic E-state index is 4.79. The summed E-state index contributed by atoms with van der Waals surface area (Å²) in [6, 6.07) is 0. The molecule has 0 amide bonds. The lowest BCUT2D eigenvalue weighted by Gasteiger charge is -2.15. The van der Waals surface area contributed by atoms with Crippen LogP contribution >= 0.6 is 23.5 Å². The van der Waals surface area contributed by atoms with Gasteiger partial charge in [-0.05, 0) is 61.8 Å². The Labute approximate surface area is 107 Å². The number of thioether (sulfide) groups is 2. The average molecular weight is 253 g/mol. The molecule has 88 valence electrons. The highest BCUT2D eigenvalue weighted by Crippen LogP contribution is 2.33. The summed E-state index contributed by atoms with van der Waals surface area (Å²) in [5.41, 5.74) is 4.57. The summed E-state index contributed by atoms with van der Waals surface area (Å²) < 4.78 is 0. The zero-order valence-electron chi connectivity index (χ0n) is 10.3. The van der Waals surface area contributed by atoms with Crippen molar-refractivity contribution in [1.29, 1.82) is 0 Å². The fraction of sp³-hybridized carbons (Fsp3) is 0.615. The molecule has 0 aromatic carbocycles. The van der Waals surface area contributed by atoms with E-state index in [0.717, 1.165) is 0 Å². The molecule has 1 heterocycles. The molecule has 1 aromatic rings. The molecule has 0 aliphatic heterocycles. The van der Waals surface area contributed by atoms with E-state index in [2.05, 4.69) is 19.4 Å². The van der Waals surface area contributed by atoms with Gasteiger partial charge in [-0.2, -0.15) is 0 Å². The van der Waals surface area contributed by atoms with Crippen LogP contribution in [0.25, 0.3) is 0 Å². The molecule has 16 heavy (non-hydrogen) atoms. The molecule has 0 saturated heterocycles. The summed E-state index contributed by atoms with van der Waals surface area (Å²) in [5.74, 6) is 0. The Hall–Kier alpha value is -0.150. The fourth-order valence-electron chi connectivity index (χ4n) is 2.47. The molecule has 0 bridgehead atoms. The summed E-state index contributed by atoms with van der Waals surface area (Å²) in [6.07, 6.45) is 10.8. The second-order valence-electron chi connectivity index (χ2n) is 4.27. The molecular weight excluding hydrogens is 234 g/mol. The lowest BCUT2D eigenvalue weighted by atomic mass is 10.0. The summed E-state index contributed by atoms with van der Waals surface area (Å²) >= 11 is 3.59. The van der Waals surface area contributed by atoms with E-state index in [-0.39, 0.29) is 0 Å². The van der Waals surface area contributed by atoms with Crippen molar-refractivity contribution in [3.05, 3.63) is 16.7 Å². The largest absolute Gasteiger partial charge is 0.235 e. The molecule has 0 spiro atoms. The molecule has 2 rings (SSSR count). The van der Waals surface area contributed by atoms with Gasteiger partial charge in [-0.3, -0.25) is 0 Å². The first-order valence-corrected chi connectivity index (χ1v) is 8.33. The fourth-order valence-corrected chi connectivity index (χ4v) is 3.80. The molecule has 1 aromatic heterocycles. The number of fused-ring (bicyclic) bond motifs is 1. The zero-order valence-corrected chi connectivity index (χ0v) is 11.9. The molecule has 0 N–H and O–H groups in total. The van der Waals surface area contributed by atoms with Gasteiger partial charge in [0.1, 0.15) is 10.1 Å². The highest BCUT2D eigenvalue weighted by Gasteiger charge is 2.17. The smallest absolute Gasteiger partial charge is 0.101 e. The van der Waals surface area contributed by atoms with Crippen LogP contribution in [0.3, 0.4) is 0 Å². The Kier molecular flexibility index (Phi) is 4.20. The highest BCUT2D eigenvalue weighted by molar-refractivity contribution is 7.99. The van der Waals surface area contributed by atoms with Gasteiger partial charge in [-0.15, -0.1) is 23.5 Å². The molecule has 1 aliphatic carbocycles. The molecular formula is C13H19NS2. The van der Waals surface area contributed by atoms with Gasteiger partial charge in [0, 0.05) is 0 Å². The van der Waals surface area contributed by atoms with Crippen molar-refractivity contribution in [3.63, 3.8) is 0 Å². The van der Waals surface area contributed by atoms with Gasteiger partial charge >= 0.3 is 0 Å². The maximum atomic E-state index is 4.79. The van der Waals surface area contributed by atoms with E-state index in [1.54, 1.807) is 34.7 Å². The van der Waals surface area contributed by atoms with Crippen molar-refractivity contribution in [2.24, 2.45) is 0 Å². The van der Waals surface area contributed by atoms with Gasteiger partial charge in [-0.25, -0.2) is 4.98 Å². The molecule has 1 nitrogen and oxygen atoms in total. The Morgan fingerprint density at radius 2 is 1.50 bits per heavy atom. The van der Waals surface area contributed by atoms with E-state index in [0.29, 0.717) is 0 Å². The standard InChI is InChI=1S/C13H19NS2/c1-9-10-7-5-4-6-8-11(10)13(16-3)14-12(9)15-2/h4-8H2,1-3H3. The van der Waals surface area contributed by atoms with Crippen LogP contribution in [0.4, 0.5) is 0 Å². The lowest BCUT2D eigenvalue weighted by Crippen LogP contribution is -2.02. The number of pyridine rings is 1. The number of hydrogen-bond donors (Lipinski definition) is 0. The van der Waals surface area contributed by atoms with Gasteiger partial charge in [0.15, 0.2) is 0 Å². The first-order valence-electron chi connectivity index (χ1n) is 5.88. The lowest BCUT2D eigenvalue weighted by molar-refractivity contribution is 0.709. The van der Waals surface area contributed by atoms with Crippen LogP contribution in [-0.4, -0.2) is 17.5 Å². The topological polar surface area (TPSA) is 12.9 Å². The predicted molar refractivity (Wildman–Crippen MR) is 73.8 cm³/mol. The van der Waals surface area contributed by atoms with Crippen molar-refractivity contribution >= 4 is 23.5 Å². The molecule has 0 saturated carbocycles. The quantitative estimate of drug-likeness (QED) is 0.582. The Morgan fingerprint density at radius 1 is 0.875 bits per heavy atom. The third kappa shape index (κ3) is 2.25. The van der Waals surface area contributed by atoms with Crippen molar-refractivity contribution in [1.82, 2.24) is 4.98 Å². The van der Waals surface area contributed by atoms with Gasteiger partial charge in [0.05, 0.1) is 0 Å². The first kappa shape index (κ1) is 12.3. The summed E-state index contributed by atoms with van der Waals surface area (Å²) in [4.78, 5) is 4.79. The SMILES string of the molecule is CSc1nc(SC)c2c(c1C)CCCCC2. The summed E-state index contributed by atoms with van der Waals surface area (Å²) in [7, 11) is 0. The molecule has 0 atom stereocenters. The molecule has 0 unspecified atom stereocenters. The summed E-state index contributed by atoms with van der Waals surface area (Å²) in [6.45, 7) is 2.24. The van der Waals surface area contributed by atoms with Crippen LogP contribution in [0.1, 0.15) is 36.0 Å². The minimum atomic E-state index is 1.23. The Morgan fingerprint density at radius 3 is 2.12 bits per heavy atom. The maximum Gasteiger partial charge on any atom is 0.101 e.